The molecule has 3 heteroatoms. The zero-order valence-electron chi connectivity index (χ0n) is 9.83. The SMILES string of the molecule is C=N/C=C\c1ncc(C)[nH]1.CC.CC. The van der Waals surface area contributed by atoms with Crippen molar-refractivity contribution in [3.05, 3.63) is 23.9 Å². The van der Waals surface area contributed by atoms with E-state index in [1.165, 1.54) is 0 Å². The maximum Gasteiger partial charge on any atom is 0.131 e. The molecular weight excluding hydrogens is 174 g/mol. The molecule has 0 bridgehead atoms. The number of imidazole rings is 1. The summed E-state index contributed by atoms with van der Waals surface area (Å²) < 4.78 is 0. The van der Waals surface area contributed by atoms with E-state index in [1.54, 1.807) is 18.5 Å². The van der Waals surface area contributed by atoms with Crippen molar-refractivity contribution in [2.45, 2.75) is 34.6 Å². The Kier molecular flexibility index (Phi) is 12.5. The van der Waals surface area contributed by atoms with Gasteiger partial charge < -0.3 is 4.98 Å². The van der Waals surface area contributed by atoms with Gasteiger partial charge in [0.2, 0.25) is 0 Å². The van der Waals surface area contributed by atoms with Gasteiger partial charge in [0.1, 0.15) is 5.82 Å². The summed E-state index contributed by atoms with van der Waals surface area (Å²) in [5.74, 6) is 0.810. The molecule has 0 aliphatic rings. The molecule has 0 fully saturated rings. The van der Waals surface area contributed by atoms with Crippen molar-refractivity contribution in [3.63, 3.8) is 0 Å². The molecule has 1 heterocycles. The first kappa shape index (κ1) is 15.1. The van der Waals surface area contributed by atoms with Gasteiger partial charge in [-0.2, -0.15) is 0 Å². The summed E-state index contributed by atoms with van der Waals surface area (Å²) in [5.41, 5.74) is 1.05. The van der Waals surface area contributed by atoms with Crippen LogP contribution in [0.4, 0.5) is 0 Å². The lowest BCUT2D eigenvalue weighted by Crippen LogP contribution is -1.72. The summed E-state index contributed by atoms with van der Waals surface area (Å²) in [4.78, 5) is 10.6. The zero-order valence-corrected chi connectivity index (χ0v) is 9.83. The Hall–Kier alpha value is -1.38. The molecular formula is C11H21N3. The first-order chi connectivity index (χ1) is 6.83. The van der Waals surface area contributed by atoms with Crippen LogP contribution in [0.5, 0.6) is 0 Å². The van der Waals surface area contributed by atoms with Gasteiger partial charge in [0.25, 0.3) is 0 Å². The van der Waals surface area contributed by atoms with Crippen LogP contribution in [0.2, 0.25) is 0 Å². The highest BCUT2D eigenvalue weighted by atomic mass is 14.9. The van der Waals surface area contributed by atoms with Gasteiger partial charge in [-0.1, -0.05) is 27.7 Å². The van der Waals surface area contributed by atoms with E-state index < -0.39 is 0 Å². The van der Waals surface area contributed by atoms with Crippen LogP contribution in [-0.4, -0.2) is 16.7 Å². The van der Waals surface area contributed by atoms with Crippen molar-refractivity contribution < 1.29 is 0 Å². The van der Waals surface area contributed by atoms with E-state index in [1.807, 2.05) is 34.6 Å². The fourth-order valence-corrected chi connectivity index (χ4v) is 0.641. The predicted octanol–water partition coefficient (Wildman–Crippen LogP) is 3.44. The third kappa shape index (κ3) is 7.28. The Morgan fingerprint density at radius 1 is 1.36 bits per heavy atom. The van der Waals surface area contributed by atoms with E-state index in [0.29, 0.717) is 0 Å². The quantitative estimate of drug-likeness (QED) is 0.721. The van der Waals surface area contributed by atoms with Crippen molar-refractivity contribution in [3.8, 4) is 0 Å². The molecule has 1 N–H and O–H groups in total. The van der Waals surface area contributed by atoms with Crippen LogP contribution in [0.25, 0.3) is 6.08 Å². The van der Waals surface area contributed by atoms with E-state index in [9.17, 15) is 0 Å². The van der Waals surface area contributed by atoms with Crippen LogP contribution >= 0.6 is 0 Å². The van der Waals surface area contributed by atoms with Gasteiger partial charge in [0.15, 0.2) is 0 Å². The molecule has 3 nitrogen and oxygen atoms in total. The monoisotopic (exact) mass is 195 g/mol. The normalized spacial score (nSPS) is 8.36. The Morgan fingerprint density at radius 3 is 2.29 bits per heavy atom. The second-order valence-corrected chi connectivity index (χ2v) is 1.95. The summed E-state index contributed by atoms with van der Waals surface area (Å²) in [5, 5.41) is 0. The molecule has 0 unspecified atom stereocenters. The summed E-state index contributed by atoms with van der Waals surface area (Å²) >= 11 is 0. The highest BCUT2D eigenvalue weighted by Gasteiger charge is 1.88. The maximum absolute atomic E-state index is 4.02. The molecule has 80 valence electrons. The number of aliphatic imine (C=N–C) groups is 1. The van der Waals surface area contributed by atoms with Crippen molar-refractivity contribution >= 4 is 12.8 Å². The molecule has 1 rings (SSSR count). The molecule has 14 heavy (non-hydrogen) atoms. The van der Waals surface area contributed by atoms with Gasteiger partial charge >= 0.3 is 0 Å². The van der Waals surface area contributed by atoms with Crippen molar-refractivity contribution in [2.75, 3.05) is 0 Å². The van der Waals surface area contributed by atoms with Gasteiger partial charge in [-0.05, 0) is 19.7 Å². The van der Waals surface area contributed by atoms with Gasteiger partial charge in [-0.15, -0.1) is 0 Å². The molecule has 0 atom stereocenters. The predicted molar refractivity (Wildman–Crippen MR) is 64.6 cm³/mol. The minimum atomic E-state index is 0.810. The number of aryl methyl sites for hydroxylation is 1. The van der Waals surface area contributed by atoms with Gasteiger partial charge in [0, 0.05) is 18.1 Å². The first-order valence-corrected chi connectivity index (χ1v) is 4.97. The summed E-state index contributed by atoms with van der Waals surface area (Å²) in [7, 11) is 0. The van der Waals surface area contributed by atoms with Crippen molar-refractivity contribution in [1.29, 1.82) is 0 Å². The van der Waals surface area contributed by atoms with Crippen LogP contribution in [0.3, 0.4) is 0 Å². The molecule has 0 aromatic carbocycles. The fourth-order valence-electron chi connectivity index (χ4n) is 0.641. The first-order valence-electron chi connectivity index (χ1n) is 4.97. The van der Waals surface area contributed by atoms with E-state index >= 15 is 0 Å². The third-order valence-electron chi connectivity index (χ3n) is 1.06. The number of hydrogen-bond donors (Lipinski definition) is 1. The lowest BCUT2D eigenvalue weighted by atomic mass is 10.5. The molecule has 0 aliphatic carbocycles. The zero-order chi connectivity index (χ0) is 11.4. The molecule has 0 radical (unpaired) electrons. The van der Waals surface area contributed by atoms with Crippen LogP contribution in [0.15, 0.2) is 17.4 Å². The number of aromatic nitrogens is 2. The highest BCUT2D eigenvalue weighted by Crippen LogP contribution is 1.96. The minimum absolute atomic E-state index is 0.810. The smallest absolute Gasteiger partial charge is 0.131 e. The van der Waals surface area contributed by atoms with Crippen LogP contribution in [0, 0.1) is 6.92 Å². The average molecular weight is 195 g/mol. The molecule has 0 amide bonds. The summed E-state index contributed by atoms with van der Waals surface area (Å²) in [6, 6.07) is 0. The highest BCUT2D eigenvalue weighted by molar-refractivity contribution is 5.41. The van der Waals surface area contributed by atoms with E-state index in [0.717, 1.165) is 11.5 Å². The number of H-pyrrole nitrogens is 1. The van der Waals surface area contributed by atoms with E-state index in [4.69, 9.17) is 0 Å². The van der Waals surface area contributed by atoms with E-state index in [-0.39, 0.29) is 0 Å². The number of aromatic amines is 1. The largest absolute Gasteiger partial charge is 0.343 e. The molecule has 1 aromatic rings. The Labute approximate surface area is 87.0 Å². The van der Waals surface area contributed by atoms with Gasteiger partial charge in [0.05, 0.1) is 0 Å². The Bertz CT molecular complexity index is 249. The molecule has 0 saturated carbocycles. The maximum atomic E-state index is 4.02. The summed E-state index contributed by atoms with van der Waals surface area (Å²) in [6.45, 7) is 13.3. The standard InChI is InChI=1S/C7H9N3.2C2H6/c1-6-5-9-7(10-6)3-4-8-2;2*1-2/h3-5H,2H2,1H3,(H,9,10);2*1-2H3/b4-3-;;. The molecule has 0 saturated heterocycles. The lowest BCUT2D eigenvalue weighted by molar-refractivity contribution is 1.22. The average Bonchev–Trinajstić information content (AvgIpc) is 2.67. The molecule has 0 aliphatic heterocycles. The van der Waals surface area contributed by atoms with Crippen LogP contribution in [-0.2, 0) is 0 Å². The minimum Gasteiger partial charge on any atom is -0.343 e. The van der Waals surface area contributed by atoms with Crippen molar-refractivity contribution in [2.24, 2.45) is 4.99 Å². The van der Waals surface area contributed by atoms with Crippen LogP contribution in [0.1, 0.15) is 39.2 Å². The number of rotatable bonds is 2. The van der Waals surface area contributed by atoms with E-state index in [2.05, 4.69) is 21.7 Å². The van der Waals surface area contributed by atoms with Crippen LogP contribution < -0.4 is 0 Å². The second-order valence-electron chi connectivity index (χ2n) is 1.95. The number of nitrogens with zero attached hydrogens (tertiary/aromatic N) is 2. The molecule has 0 spiro atoms. The van der Waals surface area contributed by atoms with Crippen molar-refractivity contribution in [1.82, 2.24) is 9.97 Å². The summed E-state index contributed by atoms with van der Waals surface area (Å²) in [6.07, 6.45) is 5.13. The number of hydrogen-bond acceptors (Lipinski definition) is 2. The van der Waals surface area contributed by atoms with Gasteiger partial charge in [-0.3, -0.25) is 4.99 Å². The van der Waals surface area contributed by atoms with Gasteiger partial charge in [-0.25, -0.2) is 4.98 Å². The fraction of sp³-hybridized carbons (Fsp3) is 0.455. The lowest BCUT2D eigenvalue weighted by Gasteiger charge is -1.79. The Morgan fingerprint density at radius 2 is 1.93 bits per heavy atom. The topological polar surface area (TPSA) is 41.0 Å². The Balaban J connectivity index is 0. The number of nitrogens with one attached hydrogen (secondary N) is 1. The molecule has 1 aromatic heterocycles. The second kappa shape index (κ2) is 11.6. The third-order valence-corrected chi connectivity index (χ3v) is 1.06.